The Morgan fingerprint density at radius 2 is 1.74 bits per heavy atom. The lowest BCUT2D eigenvalue weighted by atomic mass is 10.1. The van der Waals surface area contributed by atoms with Crippen molar-refractivity contribution in [3.8, 4) is 5.75 Å². The molecule has 3 rings (SSSR count). The Balaban J connectivity index is 1.84. The minimum Gasteiger partial charge on any atom is -0.476 e. The van der Waals surface area contributed by atoms with Gasteiger partial charge < -0.3 is 4.74 Å². The van der Waals surface area contributed by atoms with Crippen molar-refractivity contribution in [2.24, 2.45) is 0 Å². The number of anilines is 1. The van der Waals surface area contributed by atoms with E-state index in [-0.39, 0.29) is 5.91 Å². The summed E-state index contributed by atoms with van der Waals surface area (Å²) < 4.78 is 5.91. The number of benzene rings is 2. The van der Waals surface area contributed by atoms with Crippen LogP contribution in [0, 0.1) is 6.92 Å². The Hall–Kier alpha value is -2.66. The number of para-hydroxylation sites is 1. The summed E-state index contributed by atoms with van der Waals surface area (Å²) in [7, 11) is 0. The van der Waals surface area contributed by atoms with Gasteiger partial charge in [0.2, 0.25) is 6.10 Å². The monoisotopic (exact) mass is 324 g/mol. The lowest BCUT2D eigenvalue weighted by Gasteiger charge is -2.18. The molecule has 0 aliphatic heterocycles. The SMILES string of the molecule is Cc1cnc(NC(=O)[C@H](Oc2ccccc2)c2ccccc2)s1. The summed E-state index contributed by atoms with van der Waals surface area (Å²) in [5.41, 5.74) is 0.794. The highest BCUT2D eigenvalue weighted by atomic mass is 32.1. The highest BCUT2D eigenvalue weighted by Crippen LogP contribution is 2.24. The molecule has 0 radical (unpaired) electrons. The topological polar surface area (TPSA) is 51.2 Å². The average Bonchev–Trinajstić information content (AvgIpc) is 2.99. The largest absolute Gasteiger partial charge is 0.476 e. The molecule has 0 spiro atoms. The van der Waals surface area contributed by atoms with Gasteiger partial charge in [-0.3, -0.25) is 10.1 Å². The van der Waals surface area contributed by atoms with Crippen molar-refractivity contribution in [2.75, 3.05) is 5.32 Å². The molecular weight excluding hydrogens is 308 g/mol. The van der Waals surface area contributed by atoms with Gasteiger partial charge in [-0.2, -0.15) is 0 Å². The molecule has 1 heterocycles. The van der Waals surface area contributed by atoms with Gasteiger partial charge in [0, 0.05) is 16.6 Å². The number of thiazole rings is 1. The van der Waals surface area contributed by atoms with Crippen molar-refractivity contribution in [2.45, 2.75) is 13.0 Å². The smallest absolute Gasteiger partial charge is 0.271 e. The molecule has 4 nitrogen and oxygen atoms in total. The van der Waals surface area contributed by atoms with Crippen LogP contribution in [0.4, 0.5) is 5.13 Å². The van der Waals surface area contributed by atoms with Crippen LogP contribution in [0.2, 0.25) is 0 Å². The molecule has 3 aromatic rings. The van der Waals surface area contributed by atoms with E-state index in [9.17, 15) is 4.79 Å². The predicted octanol–water partition coefficient (Wildman–Crippen LogP) is 4.21. The molecule has 0 fully saturated rings. The normalized spacial score (nSPS) is 11.7. The van der Waals surface area contributed by atoms with Crippen molar-refractivity contribution in [1.82, 2.24) is 4.98 Å². The quantitative estimate of drug-likeness (QED) is 0.765. The maximum absolute atomic E-state index is 12.7. The molecule has 0 saturated heterocycles. The number of ether oxygens (including phenoxy) is 1. The molecule has 0 saturated carbocycles. The van der Waals surface area contributed by atoms with E-state index in [0.29, 0.717) is 10.9 Å². The number of aromatic nitrogens is 1. The molecule has 1 aromatic heterocycles. The lowest BCUT2D eigenvalue weighted by Crippen LogP contribution is -2.25. The van der Waals surface area contributed by atoms with Crippen LogP contribution in [0.1, 0.15) is 16.5 Å². The fourth-order valence-corrected chi connectivity index (χ4v) is 2.79. The third-order valence-corrected chi connectivity index (χ3v) is 4.02. The predicted molar refractivity (Wildman–Crippen MR) is 91.7 cm³/mol. The average molecular weight is 324 g/mol. The van der Waals surface area contributed by atoms with Gasteiger partial charge in [0.05, 0.1) is 0 Å². The van der Waals surface area contributed by atoms with Crippen LogP contribution in [0.25, 0.3) is 0 Å². The van der Waals surface area contributed by atoms with Gasteiger partial charge >= 0.3 is 0 Å². The van der Waals surface area contributed by atoms with Gasteiger partial charge in [0.1, 0.15) is 5.75 Å². The fourth-order valence-electron chi connectivity index (χ4n) is 2.12. The number of carbonyl (C=O) groups is 1. The van der Waals surface area contributed by atoms with Crippen LogP contribution >= 0.6 is 11.3 Å². The number of amides is 1. The minimum absolute atomic E-state index is 0.241. The van der Waals surface area contributed by atoms with Crippen LogP contribution in [0.3, 0.4) is 0 Å². The van der Waals surface area contributed by atoms with Crippen molar-refractivity contribution < 1.29 is 9.53 Å². The number of rotatable bonds is 5. The van der Waals surface area contributed by atoms with Gasteiger partial charge in [0.15, 0.2) is 5.13 Å². The number of hydrogen-bond acceptors (Lipinski definition) is 4. The van der Waals surface area contributed by atoms with Crippen molar-refractivity contribution in [1.29, 1.82) is 0 Å². The molecule has 23 heavy (non-hydrogen) atoms. The lowest BCUT2D eigenvalue weighted by molar-refractivity contribution is -0.123. The first-order chi connectivity index (χ1) is 11.2. The first kappa shape index (κ1) is 15.2. The molecular formula is C18H16N2O2S. The first-order valence-corrected chi connectivity index (χ1v) is 8.04. The van der Waals surface area contributed by atoms with Crippen LogP contribution in [0.15, 0.2) is 66.9 Å². The fraction of sp³-hybridized carbons (Fsp3) is 0.111. The summed E-state index contributed by atoms with van der Waals surface area (Å²) in [4.78, 5) is 17.9. The van der Waals surface area contributed by atoms with Crippen LogP contribution in [0.5, 0.6) is 5.75 Å². The summed E-state index contributed by atoms with van der Waals surface area (Å²) >= 11 is 1.44. The zero-order chi connectivity index (χ0) is 16.1. The maximum Gasteiger partial charge on any atom is 0.271 e. The number of nitrogens with zero attached hydrogens (tertiary/aromatic N) is 1. The minimum atomic E-state index is -0.734. The van der Waals surface area contributed by atoms with Crippen LogP contribution < -0.4 is 10.1 Å². The summed E-state index contributed by atoms with van der Waals surface area (Å²) in [5, 5.41) is 3.40. The van der Waals surface area contributed by atoms with Gasteiger partial charge in [-0.1, -0.05) is 48.5 Å². The van der Waals surface area contributed by atoms with E-state index in [1.165, 1.54) is 11.3 Å². The maximum atomic E-state index is 12.7. The van der Waals surface area contributed by atoms with E-state index in [2.05, 4.69) is 10.3 Å². The second-order valence-corrected chi connectivity index (χ2v) is 6.22. The van der Waals surface area contributed by atoms with E-state index in [1.54, 1.807) is 6.20 Å². The van der Waals surface area contributed by atoms with Crippen molar-refractivity contribution in [3.05, 3.63) is 77.3 Å². The highest BCUT2D eigenvalue weighted by molar-refractivity contribution is 7.15. The number of hydrogen-bond donors (Lipinski definition) is 1. The third kappa shape index (κ3) is 3.96. The summed E-state index contributed by atoms with van der Waals surface area (Å²) in [6.07, 6.45) is 0.998. The number of carbonyl (C=O) groups excluding carboxylic acids is 1. The molecule has 1 atom stereocenters. The van der Waals surface area contributed by atoms with Crippen LogP contribution in [-0.2, 0) is 4.79 Å². The Morgan fingerprint density at radius 3 is 2.35 bits per heavy atom. The third-order valence-electron chi connectivity index (χ3n) is 3.19. The number of aryl methyl sites for hydroxylation is 1. The van der Waals surface area contributed by atoms with E-state index < -0.39 is 6.10 Å². The molecule has 0 unspecified atom stereocenters. The van der Waals surface area contributed by atoms with Gasteiger partial charge in [-0.15, -0.1) is 11.3 Å². The summed E-state index contributed by atoms with van der Waals surface area (Å²) in [6, 6.07) is 18.7. The molecule has 0 aliphatic carbocycles. The van der Waals surface area contributed by atoms with Gasteiger partial charge in [-0.05, 0) is 19.1 Å². The van der Waals surface area contributed by atoms with Crippen molar-refractivity contribution >= 4 is 22.4 Å². The van der Waals surface area contributed by atoms with E-state index in [1.807, 2.05) is 67.6 Å². The molecule has 0 bridgehead atoms. The molecule has 2 aromatic carbocycles. The first-order valence-electron chi connectivity index (χ1n) is 7.22. The molecule has 0 aliphatic rings. The highest BCUT2D eigenvalue weighted by Gasteiger charge is 2.23. The van der Waals surface area contributed by atoms with Crippen LogP contribution in [-0.4, -0.2) is 10.9 Å². The molecule has 5 heteroatoms. The second kappa shape index (κ2) is 7.07. The Bertz CT molecular complexity index is 772. The zero-order valence-electron chi connectivity index (χ0n) is 12.6. The van der Waals surface area contributed by atoms with Gasteiger partial charge in [-0.25, -0.2) is 4.98 Å². The summed E-state index contributed by atoms with van der Waals surface area (Å²) in [5.74, 6) is 0.404. The molecule has 1 amide bonds. The Morgan fingerprint density at radius 1 is 1.09 bits per heavy atom. The van der Waals surface area contributed by atoms with E-state index in [0.717, 1.165) is 10.4 Å². The van der Waals surface area contributed by atoms with E-state index >= 15 is 0 Å². The van der Waals surface area contributed by atoms with E-state index in [4.69, 9.17) is 4.74 Å². The molecule has 1 N–H and O–H groups in total. The summed E-state index contributed by atoms with van der Waals surface area (Å²) in [6.45, 7) is 1.95. The molecule has 116 valence electrons. The van der Waals surface area contributed by atoms with Crippen molar-refractivity contribution in [3.63, 3.8) is 0 Å². The van der Waals surface area contributed by atoms with Gasteiger partial charge in [0.25, 0.3) is 5.91 Å². The zero-order valence-corrected chi connectivity index (χ0v) is 13.4. The standard InChI is InChI=1S/C18H16N2O2S/c1-13-12-19-18(23-13)20-17(21)16(14-8-4-2-5-9-14)22-15-10-6-3-7-11-15/h2-12,16H,1H3,(H,19,20,21)/t16-/m1/s1. The Labute approximate surface area is 138 Å². The Kier molecular flexibility index (Phi) is 4.68. The second-order valence-electron chi connectivity index (χ2n) is 4.99. The number of nitrogens with one attached hydrogen (secondary N) is 1.